The van der Waals surface area contributed by atoms with Crippen LogP contribution in [0, 0.1) is 0 Å². The van der Waals surface area contributed by atoms with Crippen molar-refractivity contribution in [3.63, 3.8) is 0 Å². The Hall–Kier alpha value is -2.50. The Morgan fingerprint density at radius 1 is 1.35 bits per heavy atom. The molecule has 0 saturated carbocycles. The average Bonchev–Trinajstić information content (AvgIpc) is 2.82. The summed E-state index contributed by atoms with van der Waals surface area (Å²) in [6.07, 6.45) is 1.37. The number of hydrogen-bond acceptors (Lipinski definition) is 4. The third-order valence-corrected chi connectivity index (χ3v) is 2.21. The molecule has 2 aromatic rings. The fraction of sp³-hybridized carbons (Fsp3) is 0.0909. The molecule has 0 saturated heterocycles. The Labute approximate surface area is 97.4 Å². The number of rotatable bonds is 2. The van der Waals surface area contributed by atoms with Gasteiger partial charge in [-0.25, -0.2) is 4.79 Å². The number of urea groups is 1. The molecule has 2 rings (SSSR count). The van der Waals surface area contributed by atoms with E-state index in [1.165, 1.54) is 23.3 Å². The molecule has 0 aliphatic rings. The maximum atomic E-state index is 11.8. The van der Waals surface area contributed by atoms with E-state index in [1.54, 1.807) is 25.2 Å². The first kappa shape index (κ1) is 11.0. The highest BCUT2D eigenvalue weighted by atomic mass is 16.5. The summed E-state index contributed by atoms with van der Waals surface area (Å²) in [4.78, 5) is 13.2. The van der Waals surface area contributed by atoms with E-state index >= 15 is 0 Å². The number of carbonyl (C=O) groups excluding carboxylic acids is 1. The summed E-state index contributed by atoms with van der Waals surface area (Å²) in [5, 5.41) is 15.3. The maximum absolute atomic E-state index is 11.8. The van der Waals surface area contributed by atoms with Gasteiger partial charge >= 0.3 is 6.03 Å². The lowest BCUT2D eigenvalue weighted by molar-refractivity contribution is 0.257. The molecule has 2 N–H and O–H groups in total. The van der Waals surface area contributed by atoms with Gasteiger partial charge in [-0.05, 0) is 24.3 Å². The molecule has 6 nitrogen and oxygen atoms in total. The highest BCUT2D eigenvalue weighted by molar-refractivity contribution is 6.00. The molecule has 17 heavy (non-hydrogen) atoms. The van der Waals surface area contributed by atoms with Crippen molar-refractivity contribution in [3.05, 3.63) is 36.6 Å². The van der Waals surface area contributed by atoms with E-state index in [2.05, 4.69) is 15.0 Å². The number of aromatic nitrogens is 1. The minimum atomic E-state index is -0.343. The van der Waals surface area contributed by atoms with Crippen LogP contribution in [0.15, 0.2) is 41.1 Å². The Morgan fingerprint density at radius 3 is 2.65 bits per heavy atom. The van der Waals surface area contributed by atoms with Gasteiger partial charge in [0, 0.05) is 18.8 Å². The predicted octanol–water partition coefficient (Wildman–Crippen LogP) is 2.05. The van der Waals surface area contributed by atoms with Crippen LogP contribution < -0.4 is 10.2 Å². The molecular weight excluding hydrogens is 222 g/mol. The average molecular weight is 233 g/mol. The number of benzene rings is 1. The molecule has 1 aromatic heterocycles. The lowest BCUT2D eigenvalue weighted by Crippen LogP contribution is -2.31. The number of phenols is 1. The van der Waals surface area contributed by atoms with Gasteiger partial charge in [0.05, 0.1) is 0 Å². The van der Waals surface area contributed by atoms with Gasteiger partial charge in [-0.2, -0.15) is 0 Å². The van der Waals surface area contributed by atoms with Crippen molar-refractivity contribution in [1.82, 2.24) is 5.16 Å². The summed E-state index contributed by atoms with van der Waals surface area (Å²) in [6, 6.07) is 7.49. The molecule has 0 fully saturated rings. The van der Waals surface area contributed by atoms with Gasteiger partial charge in [-0.3, -0.25) is 10.2 Å². The van der Waals surface area contributed by atoms with Crippen LogP contribution in [0.1, 0.15) is 0 Å². The quantitative estimate of drug-likeness (QED) is 0.832. The number of phenolic OH excluding ortho intramolecular Hbond substituents is 1. The largest absolute Gasteiger partial charge is 0.508 e. The summed E-state index contributed by atoms with van der Waals surface area (Å²) >= 11 is 0. The molecule has 0 aliphatic carbocycles. The van der Waals surface area contributed by atoms with E-state index in [0.29, 0.717) is 11.5 Å². The van der Waals surface area contributed by atoms with E-state index < -0.39 is 0 Å². The van der Waals surface area contributed by atoms with Crippen molar-refractivity contribution < 1.29 is 14.4 Å². The van der Waals surface area contributed by atoms with E-state index in [0.717, 1.165) is 0 Å². The molecule has 0 atom stereocenters. The van der Waals surface area contributed by atoms with E-state index in [4.69, 9.17) is 5.11 Å². The van der Waals surface area contributed by atoms with Crippen molar-refractivity contribution in [1.29, 1.82) is 0 Å². The van der Waals surface area contributed by atoms with E-state index in [1.807, 2.05) is 0 Å². The molecule has 1 aromatic carbocycles. The lowest BCUT2D eigenvalue weighted by atomic mass is 10.3. The summed E-state index contributed by atoms with van der Waals surface area (Å²) in [7, 11) is 1.61. The Balaban J connectivity index is 2.07. The van der Waals surface area contributed by atoms with Crippen molar-refractivity contribution in [2.24, 2.45) is 0 Å². The summed E-state index contributed by atoms with van der Waals surface area (Å²) < 4.78 is 4.60. The van der Waals surface area contributed by atoms with Crippen LogP contribution in [0.4, 0.5) is 16.3 Å². The van der Waals surface area contributed by atoms with Crippen LogP contribution in [0.5, 0.6) is 5.75 Å². The standard InChI is InChI=1S/C11H11N3O3/c1-14(8-2-4-9(15)5-3-8)11(16)12-10-6-7-17-13-10/h2-7,15H,1H3,(H,12,13,16). The smallest absolute Gasteiger partial charge is 0.327 e. The first-order valence-electron chi connectivity index (χ1n) is 4.91. The van der Waals surface area contributed by atoms with Crippen LogP contribution in [0.25, 0.3) is 0 Å². The van der Waals surface area contributed by atoms with Gasteiger partial charge < -0.3 is 9.63 Å². The van der Waals surface area contributed by atoms with Gasteiger partial charge in [0.2, 0.25) is 0 Å². The van der Waals surface area contributed by atoms with Crippen LogP contribution in [0.2, 0.25) is 0 Å². The molecule has 0 bridgehead atoms. The fourth-order valence-corrected chi connectivity index (χ4v) is 1.26. The number of nitrogens with zero attached hydrogens (tertiary/aromatic N) is 2. The number of aromatic hydroxyl groups is 1. The first-order valence-corrected chi connectivity index (χ1v) is 4.91. The highest BCUT2D eigenvalue weighted by Crippen LogP contribution is 2.17. The molecule has 0 unspecified atom stereocenters. The summed E-state index contributed by atoms with van der Waals surface area (Å²) in [5.41, 5.74) is 0.656. The lowest BCUT2D eigenvalue weighted by Gasteiger charge is -2.16. The minimum Gasteiger partial charge on any atom is -0.508 e. The molecule has 0 aliphatic heterocycles. The van der Waals surface area contributed by atoms with Crippen LogP contribution in [-0.2, 0) is 0 Å². The molecule has 0 radical (unpaired) electrons. The predicted molar refractivity (Wildman–Crippen MR) is 62.0 cm³/mol. The molecule has 0 spiro atoms. The zero-order valence-electron chi connectivity index (χ0n) is 9.12. The maximum Gasteiger partial charge on any atom is 0.327 e. The van der Waals surface area contributed by atoms with Crippen LogP contribution in [-0.4, -0.2) is 23.3 Å². The Morgan fingerprint density at radius 2 is 2.06 bits per heavy atom. The number of amides is 2. The number of carbonyl (C=O) groups is 1. The topological polar surface area (TPSA) is 78.6 Å². The third-order valence-electron chi connectivity index (χ3n) is 2.21. The van der Waals surface area contributed by atoms with Gasteiger partial charge in [0.1, 0.15) is 12.0 Å². The number of nitrogens with one attached hydrogen (secondary N) is 1. The molecular formula is C11H11N3O3. The van der Waals surface area contributed by atoms with Crippen molar-refractivity contribution in [2.45, 2.75) is 0 Å². The second-order valence-electron chi connectivity index (χ2n) is 3.39. The number of anilines is 2. The van der Waals surface area contributed by atoms with Crippen LogP contribution in [0.3, 0.4) is 0 Å². The zero-order chi connectivity index (χ0) is 12.3. The van der Waals surface area contributed by atoms with Crippen molar-refractivity contribution >= 4 is 17.5 Å². The van der Waals surface area contributed by atoms with E-state index in [-0.39, 0.29) is 11.8 Å². The molecule has 88 valence electrons. The van der Waals surface area contributed by atoms with Gasteiger partial charge in [-0.15, -0.1) is 0 Å². The second kappa shape index (κ2) is 4.56. The van der Waals surface area contributed by atoms with Gasteiger partial charge in [0.25, 0.3) is 0 Å². The summed E-state index contributed by atoms with van der Waals surface area (Å²) in [5.74, 6) is 0.500. The summed E-state index contributed by atoms with van der Waals surface area (Å²) in [6.45, 7) is 0. The Bertz CT molecular complexity index is 493. The van der Waals surface area contributed by atoms with Crippen molar-refractivity contribution in [2.75, 3.05) is 17.3 Å². The van der Waals surface area contributed by atoms with Gasteiger partial charge in [-0.1, -0.05) is 5.16 Å². The monoisotopic (exact) mass is 233 g/mol. The number of hydrogen-bond donors (Lipinski definition) is 2. The normalized spacial score (nSPS) is 9.94. The van der Waals surface area contributed by atoms with E-state index in [9.17, 15) is 4.79 Å². The molecule has 2 amide bonds. The minimum absolute atomic E-state index is 0.152. The molecule has 6 heteroatoms. The zero-order valence-corrected chi connectivity index (χ0v) is 9.12. The second-order valence-corrected chi connectivity index (χ2v) is 3.39. The third kappa shape index (κ3) is 2.54. The van der Waals surface area contributed by atoms with Crippen LogP contribution >= 0.6 is 0 Å². The highest BCUT2D eigenvalue weighted by Gasteiger charge is 2.11. The van der Waals surface area contributed by atoms with Gasteiger partial charge in [0.15, 0.2) is 5.82 Å². The Kier molecular flexibility index (Phi) is 2.95. The SMILES string of the molecule is CN(C(=O)Nc1ccon1)c1ccc(O)cc1. The first-order chi connectivity index (χ1) is 8.16. The fourth-order valence-electron chi connectivity index (χ4n) is 1.26. The van der Waals surface area contributed by atoms with Crippen molar-refractivity contribution in [3.8, 4) is 5.75 Å². The molecule has 1 heterocycles.